The van der Waals surface area contributed by atoms with Crippen molar-refractivity contribution in [1.29, 1.82) is 5.26 Å². The summed E-state index contributed by atoms with van der Waals surface area (Å²) in [4.78, 5) is 13.4. The summed E-state index contributed by atoms with van der Waals surface area (Å²) in [6.45, 7) is 3.56. The topological polar surface area (TPSA) is 120 Å². The number of pyridine rings is 3. The molecule has 0 amide bonds. The number of ether oxygens (including phenoxy) is 5. The Bertz CT molecular complexity index is 1780. The maximum Gasteiger partial charge on any atom is 0.212 e. The van der Waals surface area contributed by atoms with Gasteiger partial charge in [-0.05, 0) is 24.1 Å². The average Bonchev–Trinajstić information content (AvgIpc) is 3.81. The molecule has 238 valence electrons. The van der Waals surface area contributed by atoms with Crippen molar-refractivity contribution in [2.75, 3.05) is 52.0 Å². The van der Waals surface area contributed by atoms with Gasteiger partial charge in [-0.1, -0.05) is 6.07 Å². The van der Waals surface area contributed by atoms with E-state index in [0.29, 0.717) is 84.6 Å². The number of nitriles is 1. The Labute approximate surface area is 265 Å². The van der Waals surface area contributed by atoms with E-state index < -0.39 is 5.82 Å². The summed E-state index contributed by atoms with van der Waals surface area (Å²) < 4.78 is 46.2. The van der Waals surface area contributed by atoms with Gasteiger partial charge in [0.2, 0.25) is 5.88 Å². The zero-order valence-corrected chi connectivity index (χ0v) is 25.6. The molecule has 5 saturated heterocycles. The average molecular weight is 628 g/mol. The maximum absolute atomic E-state index is 15.8. The number of hydrogen-bond donors (Lipinski definition) is 0. The predicted molar refractivity (Wildman–Crippen MR) is 163 cm³/mol. The van der Waals surface area contributed by atoms with Crippen molar-refractivity contribution in [1.82, 2.24) is 24.5 Å². The Hall–Kier alpha value is -4.35. The van der Waals surface area contributed by atoms with E-state index in [1.54, 1.807) is 31.1 Å². The van der Waals surface area contributed by atoms with E-state index in [1.165, 1.54) is 12.3 Å². The van der Waals surface area contributed by atoms with Crippen LogP contribution in [0.1, 0.15) is 17.5 Å². The summed E-state index contributed by atoms with van der Waals surface area (Å²) in [5.41, 5.74) is 3.22. The molecule has 5 aliphatic heterocycles. The zero-order valence-electron chi connectivity index (χ0n) is 25.6. The zero-order chi connectivity index (χ0) is 31.4. The second kappa shape index (κ2) is 11.8. The fraction of sp³-hybridized carbons (Fsp3) is 0.455. The normalized spacial score (nSPS) is 27.0. The van der Waals surface area contributed by atoms with Crippen LogP contribution in [0.5, 0.6) is 11.6 Å². The fourth-order valence-electron chi connectivity index (χ4n) is 7.33. The summed E-state index contributed by atoms with van der Waals surface area (Å²) in [5.74, 6) is 1.09. The van der Waals surface area contributed by atoms with Crippen LogP contribution in [0.25, 0.3) is 16.6 Å². The summed E-state index contributed by atoms with van der Waals surface area (Å²) in [7, 11) is 3.27. The minimum Gasteiger partial charge on any atom is -0.491 e. The van der Waals surface area contributed by atoms with E-state index >= 15 is 4.39 Å². The molecule has 9 heterocycles. The van der Waals surface area contributed by atoms with E-state index in [0.717, 1.165) is 18.5 Å². The van der Waals surface area contributed by atoms with Crippen LogP contribution in [0.4, 0.5) is 10.2 Å². The van der Waals surface area contributed by atoms with Crippen molar-refractivity contribution in [3.63, 3.8) is 0 Å². The number of rotatable bonds is 9. The van der Waals surface area contributed by atoms with Gasteiger partial charge in [0.15, 0.2) is 11.6 Å². The lowest BCUT2D eigenvalue weighted by atomic mass is 9.87. The lowest BCUT2D eigenvalue weighted by Gasteiger charge is -2.56. The minimum absolute atomic E-state index is 0.0366. The van der Waals surface area contributed by atoms with Crippen molar-refractivity contribution < 1.29 is 28.1 Å². The summed E-state index contributed by atoms with van der Waals surface area (Å²) in [6, 6.07) is 10.0. The highest BCUT2D eigenvalue weighted by atomic mass is 19.1. The summed E-state index contributed by atoms with van der Waals surface area (Å²) >= 11 is 0. The number of piperazine rings is 1. The van der Waals surface area contributed by atoms with Crippen LogP contribution in [-0.4, -0.2) is 102 Å². The summed E-state index contributed by atoms with van der Waals surface area (Å²) in [5, 5.41) is 14.2. The van der Waals surface area contributed by atoms with E-state index in [1.807, 2.05) is 29.3 Å². The van der Waals surface area contributed by atoms with Gasteiger partial charge >= 0.3 is 0 Å². The molecule has 4 aromatic heterocycles. The molecule has 0 aliphatic carbocycles. The predicted octanol–water partition coefficient (Wildman–Crippen LogP) is 3.08. The third-order valence-electron chi connectivity index (χ3n) is 9.73. The van der Waals surface area contributed by atoms with Gasteiger partial charge in [-0.2, -0.15) is 10.4 Å². The number of nitrogens with zero attached hydrogens (tertiary/aromatic N) is 7. The first-order valence-electron chi connectivity index (χ1n) is 15.5. The fourth-order valence-corrected chi connectivity index (χ4v) is 7.33. The number of hydrogen-bond acceptors (Lipinski definition) is 11. The highest BCUT2D eigenvalue weighted by Crippen LogP contribution is 2.38. The Balaban J connectivity index is 0.996. The summed E-state index contributed by atoms with van der Waals surface area (Å²) in [6.07, 6.45) is 7.54. The molecular formula is C33H34FN7O5. The molecule has 12 nitrogen and oxygen atoms in total. The second-order valence-electron chi connectivity index (χ2n) is 12.4. The van der Waals surface area contributed by atoms with Crippen LogP contribution in [0.3, 0.4) is 0 Å². The molecule has 6 atom stereocenters. The van der Waals surface area contributed by atoms with Crippen LogP contribution in [0.2, 0.25) is 0 Å². The van der Waals surface area contributed by atoms with Gasteiger partial charge in [0.05, 0.1) is 56.5 Å². The van der Waals surface area contributed by atoms with Crippen LogP contribution < -0.4 is 14.4 Å². The number of methoxy groups -OCH3 is 2. The second-order valence-corrected chi connectivity index (χ2v) is 12.4. The van der Waals surface area contributed by atoms with Crippen LogP contribution in [-0.2, 0) is 20.8 Å². The first-order chi connectivity index (χ1) is 22.5. The number of anilines is 1. The van der Waals surface area contributed by atoms with Gasteiger partial charge in [-0.25, -0.2) is 18.9 Å². The molecular weight excluding hydrogens is 593 g/mol. The van der Waals surface area contributed by atoms with Gasteiger partial charge in [-0.15, -0.1) is 0 Å². The van der Waals surface area contributed by atoms with Gasteiger partial charge in [0, 0.05) is 74.3 Å². The quantitative estimate of drug-likeness (QED) is 0.272. The van der Waals surface area contributed by atoms with E-state index in [2.05, 4.69) is 26.0 Å². The Kier molecular flexibility index (Phi) is 7.45. The van der Waals surface area contributed by atoms with E-state index in [-0.39, 0.29) is 24.2 Å². The van der Waals surface area contributed by atoms with Crippen LogP contribution in [0.15, 0.2) is 49.1 Å². The highest BCUT2D eigenvalue weighted by molar-refractivity contribution is 5.85. The third kappa shape index (κ3) is 5.02. The highest BCUT2D eigenvalue weighted by Gasteiger charge is 2.48. The van der Waals surface area contributed by atoms with Crippen molar-refractivity contribution in [3.8, 4) is 28.8 Å². The Morgan fingerprint density at radius 3 is 2.63 bits per heavy atom. The standard InChI is InChI=1S/C33H34FN7O5/c1-42-28-18-46-31-22(17-45-32(28)31)16-44-25-7-26(30-21(8-35)11-38-41(30)15-25)20-5-27(34)33(37-10-20)39-13-23-6-24(14-39)40(23)12-19-3-4-29(43-2)36-9-19/h3-5,7,9-11,15,22-24,28,31-32H,6,12-14,16-18H2,1-2H3. The molecule has 4 aromatic rings. The van der Waals surface area contributed by atoms with Crippen molar-refractivity contribution in [3.05, 3.63) is 66.0 Å². The molecule has 6 unspecified atom stereocenters. The van der Waals surface area contributed by atoms with Crippen LogP contribution in [0, 0.1) is 23.1 Å². The van der Waals surface area contributed by atoms with Crippen molar-refractivity contribution in [2.24, 2.45) is 5.92 Å². The molecule has 0 radical (unpaired) electrons. The van der Waals surface area contributed by atoms with E-state index in [9.17, 15) is 5.26 Å². The van der Waals surface area contributed by atoms with Crippen LogP contribution >= 0.6 is 0 Å². The lowest BCUT2D eigenvalue weighted by molar-refractivity contribution is -0.0103. The minimum atomic E-state index is -0.410. The molecule has 5 fully saturated rings. The number of piperidine rings is 1. The Morgan fingerprint density at radius 2 is 1.89 bits per heavy atom. The molecule has 0 spiro atoms. The van der Waals surface area contributed by atoms with Crippen molar-refractivity contribution in [2.45, 2.75) is 43.4 Å². The Morgan fingerprint density at radius 1 is 1.04 bits per heavy atom. The van der Waals surface area contributed by atoms with Gasteiger partial charge in [-0.3, -0.25) is 4.90 Å². The number of halogens is 1. The van der Waals surface area contributed by atoms with Crippen molar-refractivity contribution >= 4 is 11.3 Å². The molecule has 9 rings (SSSR count). The molecule has 0 N–H and O–H groups in total. The molecule has 2 bridgehead atoms. The van der Waals surface area contributed by atoms with Gasteiger partial charge in [0.1, 0.15) is 24.0 Å². The molecule has 13 heteroatoms. The largest absolute Gasteiger partial charge is 0.491 e. The number of fused-ring (bicyclic) bond motifs is 4. The molecule has 46 heavy (non-hydrogen) atoms. The first kappa shape index (κ1) is 29.1. The monoisotopic (exact) mass is 627 g/mol. The van der Waals surface area contributed by atoms with Gasteiger partial charge < -0.3 is 28.6 Å². The SMILES string of the molecule is COc1ccc(CN2C3CC2CN(c2ncc(-c4cc(OCC5COC6C(OC)COC56)cn5ncc(C#N)c45)cc2F)C3)cn1. The number of aromatic nitrogens is 4. The maximum atomic E-state index is 15.8. The lowest BCUT2D eigenvalue weighted by Crippen LogP contribution is -2.68. The molecule has 5 aliphatic rings. The smallest absolute Gasteiger partial charge is 0.212 e. The molecule has 0 saturated carbocycles. The molecule has 0 aromatic carbocycles. The first-order valence-corrected chi connectivity index (χ1v) is 15.5. The van der Waals surface area contributed by atoms with E-state index in [4.69, 9.17) is 23.7 Å². The third-order valence-corrected chi connectivity index (χ3v) is 9.73. The van der Waals surface area contributed by atoms with Gasteiger partial charge in [0.25, 0.3) is 0 Å².